The van der Waals surface area contributed by atoms with Crippen LogP contribution < -0.4 is 0 Å². The van der Waals surface area contributed by atoms with Gasteiger partial charge in [0, 0.05) is 18.5 Å². The first-order chi connectivity index (χ1) is 14.2. The maximum atomic E-state index is 12.3. The van der Waals surface area contributed by atoms with Crippen LogP contribution in [0.4, 0.5) is 0 Å². The molecule has 5 rings (SSSR count). The van der Waals surface area contributed by atoms with Crippen molar-refractivity contribution in [2.75, 3.05) is 7.05 Å². The summed E-state index contributed by atoms with van der Waals surface area (Å²) in [6, 6.07) is 9.11. The lowest BCUT2D eigenvalue weighted by molar-refractivity contribution is -0.154. The van der Waals surface area contributed by atoms with Crippen LogP contribution in [0.25, 0.3) is 0 Å². The summed E-state index contributed by atoms with van der Waals surface area (Å²) in [6.45, 7) is 7.03. The van der Waals surface area contributed by atoms with Gasteiger partial charge in [-0.1, -0.05) is 49.8 Å². The van der Waals surface area contributed by atoms with E-state index in [9.17, 15) is 9.90 Å². The Hall–Kier alpha value is -1.61. The molecule has 0 radical (unpaired) electrons. The van der Waals surface area contributed by atoms with Crippen LogP contribution >= 0.6 is 0 Å². The Morgan fingerprint density at radius 2 is 2.00 bits per heavy atom. The first-order valence-electron chi connectivity index (χ1n) is 11.9. The maximum absolute atomic E-state index is 12.3. The molecule has 0 spiro atoms. The van der Waals surface area contributed by atoms with Crippen LogP contribution in [0.2, 0.25) is 0 Å². The van der Waals surface area contributed by atoms with Crippen molar-refractivity contribution in [3.05, 3.63) is 47.5 Å². The van der Waals surface area contributed by atoms with Crippen molar-refractivity contribution in [2.24, 2.45) is 34.5 Å². The fraction of sp³-hybridized carbons (Fsp3) is 0.667. The third-order valence-electron chi connectivity index (χ3n) is 9.63. The fourth-order valence-electron chi connectivity index (χ4n) is 8.21. The van der Waals surface area contributed by atoms with Crippen LogP contribution in [-0.2, 0) is 11.2 Å². The molecule has 1 heterocycles. The molecule has 1 aromatic rings. The van der Waals surface area contributed by atoms with E-state index in [4.69, 9.17) is 0 Å². The van der Waals surface area contributed by atoms with E-state index in [2.05, 4.69) is 51.1 Å². The Kier molecular flexibility index (Phi) is 4.70. The number of fused-ring (bicyclic) bond motifs is 5. The van der Waals surface area contributed by atoms with E-state index in [0.717, 1.165) is 12.8 Å². The molecule has 162 valence electrons. The number of amides is 1. The Balaban J connectivity index is 1.42. The highest BCUT2D eigenvalue weighted by molar-refractivity contribution is 5.89. The first kappa shape index (κ1) is 20.3. The monoisotopic (exact) mass is 407 g/mol. The van der Waals surface area contributed by atoms with E-state index < -0.39 is 0 Å². The largest absolute Gasteiger partial charge is 0.393 e. The lowest BCUT2D eigenvalue weighted by Crippen LogP contribution is -2.63. The molecule has 1 N–H and O–H groups in total. The summed E-state index contributed by atoms with van der Waals surface area (Å²) >= 11 is 0. The van der Waals surface area contributed by atoms with E-state index in [0.29, 0.717) is 29.1 Å². The summed E-state index contributed by atoms with van der Waals surface area (Å²) in [4.78, 5) is 14.2. The van der Waals surface area contributed by atoms with Gasteiger partial charge in [-0.05, 0) is 86.2 Å². The van der Waals surface area contributed by atoms with Crippen molar-refractivity contribution >= 4 is 5.91 Å². The summed E-state index contributed by atoms with van der Waals surface area (Å²) in [5.74, 6) is 2.22. The van der Waals surface area contributed by atoms with Crippen molar-refractivity contribution < 1.29 is 9.90 Å². The zero-order valence-electron chi connectivity index (χ0n) is 19.0. The number of hydrogen-bond acceptors (Lipinski definition) is 2. The SMILES string of the molecule is Cc1cccc(C[C@H]2C[C@H]3[C@@H]4[C@@H](O)C[C@H]5N(C)C(=O)C=C[C@]5(C)[C@H]4CC[C@]3(C)C2)c1. The second kappa shape index (κ2) is 6.95. The molecule has 8 atom stereocenters. The molecule has 3 heteroatoms. The number of carbonyl (C=O) groups is 1. The number of aryl methyl sites for hydroxylation is 1. The highest BCUT2D eigenvalue weighted by Crippen LogP contribution is 2.65. The number of likely N-dealkylation sites (N-methyl/N-ethyl adjacent to an activating group) is 1. The summed E-state index contributed by atoms with van der Waals surface area (Å²) in [7, 11) is 1.92. The molecule has 3 saturated carbocycles. The number of rotatable bonds is 2. The second-order valence-electron chi connectivity index (χ2n) is 11.4. The Labute approximate surface area is 181 Å². The minimum absolute atomic E-state index is 0.0114. The topological polar surface area (TPSA) is 40.5 Å². The number of carbonyl (C=O) groups excluding carboxylic acids is 1. The van der Waals surface area contributed by atoms with Crippen LogP contribution in [0.3, 0.4) is 0 Å². The van der Waals surface area contributed by atoms with E-state index in [1.807, 2.05) is 11.9 Å². The number of nitrogens with zero attached hydrogens (tertiary/aromatic N) is 1. The van der Waals surface area contributed by atoms with E-state index >= 15 is 0 Å². The summed E-state index contributed by atoms with van der Waals surface area (Å²) in [6.07, 6.45) is 10.5. The number of aliphatic hydroxyl groups excluding tert-OH is 1. The molecule has 1 aromatic carbocycles. The molecular weight excluding hydrogens is 370 g/mol. The normalized spacial score (nSPS) is 45.1. The number of aliphatic hydroxyl groups is 1. The molecule has 30 heavy (non-hydrogen) atoms. The molecule has 0 unspecified atom stereocenters. The quantitative estimate of drug-likeness (QED) is 0.768. The highest BCUT2D eigenvalue weighted by Gasteiger charge is 2.61. The Bertz CT molecular complexity index is 877. The smallest absolute Gasteiger partial charge is 0.246 e. The lowest BCUT2D eigenvalue weighted by Gasteiger charge is -2.61. The molecule has 0 saturated heterocycles. The Morgan fingerprint density at radius 3 is 2.77 bits per heavy atom. The summed E-state index contributed by atoms with van der Waals surface area (Å²) in [5, 5.41) is 11.4. The molecule has 0 aromatic heterocycles. The Morgan fingerprint density at radius 1 is 1.20 bits per heavy atom. The lowest BCUT2D eigenvalue weighted by atomic mass is 9.48. The van der Waals surface area contributed by atoms with Crippen LogP contribution in [0, 0.1) is 41.4 Å². The number of hydrogen-bond donors (Lipinski definition) is 1. The highest BCUT2D eigenvalue weighted by atomic mass is 16.3. The average Bonchev–Trinajstić information content (AvgIpc) is 3.02. The average molecular weight is 408 g/mol. The van der Waals surface area contributed by atoms with Crippen molar-refractivity contribution in [1.29, 1.82) is 0 Å². The zero-order chi connectivity index (χ0) is 21.3. The van der Waals surface area contributed by atoms with E-state index in [-0.39, 0.29) is 23.5 Å². The summed E-state index contributed by atoms with van der Waals surface area (Å²) < 4.78 is 0. The maximum Gasteiger partial charge on any atom is 0.246 e. The minimum Gasteiger partial charge on any atom is -0.393 e. The van der Waals surface area contributed by atoms with Gasteiger partial charge < -0.3 is 10.0 Å². The third kappa shape index (κ3) is 2.99. The molecule has 4 aliphatic rings. The third-order valence-corrected chi connectivity index (χ3v) is 9.63. The minimum atomic E-state index is -0.294. The van der Waals surface area contributed by atoms with Crippen molar-refractivity contribution in [1.82, 2.24) is 4.90 Å². The molecular formula is C27H37NO2. The first-order valence-corrected chi connectivity index (χ1v) is 11.9. The van der Waals surface area contributed by atoms with Crippen molar-refractivity contribution in [3.8, 4) is 0 Å². The van der Waals surface area contributed by atoms with Gasteiger partial charge in [0.15, 0.2) is 0 Å². The molecule has 1 aliphatic heterocycles. The van der Waals surface area contributed by atoms with Crippen LogP contribution in [0.1, 0.15) is 57.1 Å². The van der Waals surface area contributed by atoms with Crippen LogP contribution in [0.15, 0.2) is 36.4 Å². The summed E-state index contributed by atoms with van der Waals surface area (Å²) in [5.41, 5.74) is 3.15. The van der Waals surface area contributed by atoms with Gasteiger partial charge >= 0.3 is 0 Å². The van der Waals surface area contributed by atoms with Gasteiger partial charge in [-0.15, -0.1) is 0 Å². The second-order valence-corrected chi connectivity index (χ2v) is 11.4. The van der Waals surface area contributed by atoms with Gasteiger partial charge in [0.25, 0.3) is 0 Å². The van der Waals surface area contributed by atoms with Crippen molar-refractivity contribution in [2.45, 2.75) is 71.4 Å². The predicted octanol–water partition coefficient (Wildman–Crippen LogP) is 4.76. The van der Waals surface area contributed by atoms with E-state index in [1.54, 1.807) is 6.08 Å². The molecule has 3 nitrogen and oxygen atoms in total. The van der Waals surface area contributed by atoms with Crippen molar-refractivity contribution in [3.63, 3.8) is 0 Å². The van der Waals surface area contributed by atoms with Gasteiger partial charge in [-0.2, -0.15) is 0 Å². The van der Waals surface area contributed by atoms with Gasteiger partial charge in [0.05, 0.1) is 6.10 Å². The molecule has 1 amide bonds. The predicted molar refractivity (Wildman–Crippen MR) is 120 cm³/mol. The van der Waals surface area contributed by atoms with Gasteiger partial charge in [-0.3, -0.25) is 4.79 Å². The fourth-order valence-corrected chi connectivity index (χ4v) is 8.21. The molecule has 3 aliphatic carbocycles. The standard InChI is InChI=1S/C27H37NO2/c1-17-6-5-7-18(12-17)13-19-14-21-25-20(8-10-26(21,2)16-19)27(3)11-9-24(30)28(4)23(27)15-22(25)29/h5-7,9,11-12,19-23,25,29H,8,10,13-16H2,1-4H3/t19-,20-,21-,22-,23+,25+,26+,27+/m0/s1. The molecule has 3 fully saturated rings. The van der Waals surface area contributed by atoms with Crippen LogP contribution in [0.5, 0.6) is 0 Å². The number of benzene rings is 1. The van der Waals surface area contributed by atoms with Gasteiger partial charge in [0.2, 0.25) is 5.91 Å². The van der Waals surface area contributed by atoms with Gasteiger partial charge in [-0.25, -0.2) is 0 Å². The van der Waals surface area contributed by atoms with E-state index in [1.165, 1.54) is 36.8 Å². The van der Waals surface area contributed by atoms with Gasteiger partial charge in [0.1, 0.15) is 0 Å². The molecule has 0 bridgehead atoms. The van der Waals surface area contributed by atoms with Crippen LogP contribution in [-0.4, -0.2) is 35.1 Å². The zero-order valence-corrected chi connectivity index (χ0v) is 19.0.